The summed E-state index contributed by atoms with van der Waals surface area (Å²) in [4.78, 5) is 4.37. The summed E-state index contributed by atoms with van der Waals surface area (Å²) >= 11 is 0. The summed E-state index contributed by atoms with van der Waals surface area (Å²) in [5.74, 6) is 1.91. The van der Waals surface area contributed by atoms with Crippen molar-refractivity contribution in [3.8, 4) is 5.75 Å². The standard InChI is InChI=1S/C14H19N3O2/c1-4-14(2,15)13-16-12(17-19-13)9-10-7-5-6-8-11(10)18-3/h5-8H,4,9,15H2,1-3H3. The molecule has 102 valence electrons. The minimum atomic E-state index is -0.577. The van der Waals surface area contributed by atoms with Gasteiger partial charge in [0.05, 0.1) is 12.6 Å². The van der Waals surface area contributed by atoms with E-state index in [0.717, 1.165) is 17.7 Å². The molecule has 0 saturated heterocycles. The Hall–Kier alpha value is -1.88. The molecule has 2 rings (SSSR count). The Balaban J connectivity index is 2.21. The van der Waals surface area contributed by atoms with Gasteiger partial charge in [-0.2, -0.15) is 4.98 Å². The number of aromatic nitrogens is 2. The summed E-state index contributed by atoms with van der Waals surface area (Å²) in [5, 5.41) is 3.98. The van der Waals surface area contributed by atoms with Crippen LogP contribution in [0, 0.1) is 0 Å². The highest BCUT2D eigenvalue weighted by Gasteiger charge is 2.26. The molecule has 2 aromatic rings. The molecule has 0 aliphatic carbocycles. The Bertz CT molecular complexity index is 549. The van der Waals surface area contributed by atoms with Crippen molar-refractivity contribution in [2.24, 2.45) is 5.73 Å². The second kappa shape index (κ2) is 5.40. The van der Waals surface area contributed by atoms with E-state index in [-0.39, 0.29) is 0 Å². The maximum absolute atomic E-state index is 6.08. The van der Waals surface area contributed by atoms with Crippen molar-refractivity contribution < 1.29 is 9.26 Å². The van der Waals surface area contributed by atoms with Crippen LogP contribution in [0.1, 0.15) is 37.5 Å². The van der Waals surface area contributed by atoms with Gasteiger partial charge in [0.15, 0.2) is 5.82 Å². The first-order valence-electron chi connectivity index (χ1n) is 6.30. The number of methoxy groups -OCH3 is 1. The largest absolute Gasteiger partial charge is 0.496 e. The van der Waals surface area contributed by atoms with Crippen LogP contribution in [0.4, 0.5) is 0 Å². The molecule has 1 aromatic carbocycles. The molecular formula is C14H19N3O2. The second-order valence-corrected chi connectivity index (χ2v) is 4.78. The molecule has 5 heteroatoms. The van der Waals surface area contributed by atoms with Crippen molar-refractivity contribution >= 4 is 0 Å². The quantitative estimate of drug-likeness (QED) is 0.893. The highest BCUT2D eigenvalue weighted by Crippen LogP contribution is 2.22. The minimum Gasteiger partial charge on any atom is -0.496 e. The summed E-state index contributed by atoms with van der Waals surface area (Å²) in [6, 6.07) is 7.78. The van der Waals surface area contributed by atoms with Gasteiger partial charge in [0.2, 0.25) is 5.89 Å². The van der Waals surface area contributed by atoms with Crippen LogP contribution in [-0.4, -0.2) is 17.3 Å². The molecule has 0 aliphatic rings. The zero-order valence-corrected chi connectivity index (χ0v) is 11.5. The molecule has 2 N–H and O–H groups in total. The first kappa shape index (κ1) is 13.5. The van der Waals surface area contributed by atoms with Gasteiger partial charge < -0.3 is 15.0 Å². The molecule has 0 amide bonds. The maximum atomic E-state index is 6.08. The van der Waals surface area contributed by atoms with Gasteiger partial charge >= 0.3 is 0 Å². The van der Waals surface area contributed by atoms with Crippen molar-refractivity contribution in [2.45, 2.75) is 32.2 Å². The minimum absolute atomic E-state index is 0.472. The maximum Gasteiger partial charge on any atom is 0.246 e. The smallest absolute Gasteiger partial charge is 0.246 e. The predicted octanol–water partition coefficient (Wildman–Crippen LogP) is 2.25. The van der Waals surface area contributed by atoms with Gasteiger partial charge in [-0.05, 0) is 19.4 Å². The van der Waals surface area contributed by atoms with Gasteiger partial charge in [-0.25, -0.2) is 0 Å². The zero-order valence-electron chi connectivity index (χ0n) is 11.5. The third-order valence-corrected chi connectivity index (χ3v) is 3.23. The Morgan fingerprint density at radius 3 is 2.79 bits per heavy atom. The molecule has 1 atom stereocenters. The lowest BCUT2D eigenvalue weighted by Gasteiger charge is -2.16. The Morgan fingerprint density at radius 1 is 1.37 bits per heavy atom. The predicted molar refractivity (Wildman–Crippen MR) is 71.9 cm³/mol. The van der Waals surface area contributed by atoms with E-state index in [2.05, 4.69) is 10.1 Å². The van der Waals surface area contributed by atoms with Crippen molar-refractivity contribution in [1.82, 2.24) is 10.1 Å². The molecule has 0 spiro atoms. The highest BCUT2D eigenvalue weighted by molar-refractivity contribution is 5.35. The zero-order chi connectivity index (χ0) is 13.9. The van der Waals surface area contributed by atoms with Gasteiger partial charge in [0.1, 0.15) is 5.75 Å². The van der Waals surface area contributed by atoms with E-state index >= 15 is 0 Å². The molecule has 0 radical (unpaired) electrons. The number of rotatable bonds is 5. The summed E-state index contributed by atoms with van der Waals surface area (Å²) in [6.07, 6.45) is 1.30. The molecular weight excluding hydrogens is 242 g/mol. The molecule has 0 saturated carbocycles. The van der Waals surface area contributed by atoms with Gasteiger partial charge in [-0.1, -0.05) is 30.3 Å². The lowest BCUT2D eigenvalue weighted by molar-refractivity contribution is 0.290. The molecule has 0 bridgehead atoms. The summed E-state index contributed by atoms with van der Waals surface area (Å²) < 4.78 is 10.5. The summed E-state index contributed by atoms with van der Waals surface area (Å²) in [7, 11) is 1.65. The Kier molecular flexibility index (Phi) is 3.85. The lowest BCUT2D eigenvalue weighted by atomic mass is 10.0. The Labute approximate surface area is 112 Å². The highest BCUT2D eigenvalue weighted by atomic mass is 16.5. The van der Waals surface area contributed by atoms with E-state index in [1.807, 2.05) is 38.1 Å². The summed E-state index contributed by atoms with van der Waals surface area (Å²) in [5.41, 5.74) is 6.52. The van der Waals surface area contributed by atoms with E-state index in [0.29, 0.717) is 18.1 Å². The first-order chi connectivity index (χ1) is 9.06. The fourth-order valence-corrected chi connectivity index (χ4v) is 1.73. The average molecular weight is 261 g/mol. The van der Waals surface area contributed by atoms with E-state index in [4.69, 9.17) is 15.0 Å². The number of hydrogen-bond acceptors (Lipinski definition) is 5. The van der Waals surface area contributed by atoms with Crippen molar-refractivity contribution in [2.75, 3.05) is 7.11 Å². The number of ether oxygens (including phenoxy) is 1. The summed E-state index contributed by atoms with van der Waals surface area (Å²) in [6.45, 7) is 3.87. The number of para-hydroxylation sites is 1. The lowest BCUT2D eigenvalue weighted by Crippen LogP contribution is -2.32. The number of nitrogens with zero attached hydrogens (tertiary/aromatic N) is 2. The molecule has 1 unspecified atom stereocenters. The van der Waals surface area contributed by atoms with E-state index in [1.165, 1.54) is 0 Å². The van der Waals surface area contributed by atoms with Crippen molar-refractivity contribution in [3.63, 3.8) is 0 Å². The molecule has 1 aromatic heterocycles. The van der Waals surface area contributed by atoms with Gasteiger partial charge in [0.25, 0.3) is 0 Å². The normalized spacial score (nSPS) is 14.1. The third-order valence-electron chi connectivity index (χ3n) is 3.23. The van der Waals surface area contributed by atoms with Gasteiger partial charge in [-0.3, -0.25) is 0 Å². The monoisotopic (exact) mass is 261 g/mol. The van der Waals surface area contributed by atoms with Crippen LogP contribution in [-0.2, 0) is 12.0 Å². The number of nitrogens with two attached hydrogens (primary N) is 1. The van der Waals surface area contributed by atoms with E-state index in [1.54, 1.807) is 7.11 Å². The average Bonchev–Trinajstić information content (AvgIpc) is 2.89. The molecule has 0 aliphatic heterocycles. The number of benzene rings is 1. The van der Waals surface area contributed by atoms with Crippen LogP contribution in [0.25, 0.3) is 0 Å². The van der Waals surface area contributed by atoms with Crippen molar-refractivity contribution in [1.29, 1.82) is 0 Å². The van der Waals surface area contributed by atoms with Gasteiger partial charge in [-0.15, -0.1) is 0 Å². The molecule has 5 nitrogen and oxygen atoms in total. The van der Waals surface area contributed by atoms with Crippen LogP contribution in [0.2, 0.25) is 0 Å². The number of hydrogen-bond donors (Lipinski definition) is 1. The molecule has 19 heavy (non-hydrogen) atoms. The van der Waals surface area contributed by atoms with Crippen LogP contribution in [0.15, 0.2) is 28.8 Å². The van der Waals surface area contributed by atoms with Crippen LogP contribution >= 0.6 is 0 Å². The van der Waals surface area contributed by atoms with Crippen LogP contribution in [0.5, 0.6) is 5.75 Å². The van der Waals surface area contributed by atoms with E-state index in [9.17, 15) is 0 Å². The second-order valence-electron chi connectivity index (χ2n) is 4.78. The van der Waals surface area contributed by atoms with E-state index < -0.39 is 5.54 Å². The van der Waals surface area contributed by atoms with Crippen LogP contribution in [0.3, 0.4) is 0 Å². The first-order valence-corrected chi connectivity index (χ1v) is 6.30. The fourth-order valence-electron chi connectivity index (χ4n) is 1.73. The SMILES string of the molecule is CCC(C)(N)c1nc(Cc2ccccc2OC)no1. The fraction of sp³-hybridized carbons (Fsp3) is 0.429. The van der Waals surface area contributed by atoms with Gasteiger partial charge in [0, 0.05) is 12.0 Å². The molecule has 0 fully saturated rings. The third kappa shape index (κ3) is 2.93. The Morgan fingerprint density at radius 2 is 2.11 bits per heavy atom. The van der Waals surface area contributed by atoms with Crippen LogP contribution < -0.4 is 10.5 Å². The molecule has 1 heterocycles. The van der Waals surface area contributed by atoms with Crippen molar-refractivity contribution in [3.05, 3.63) is 41.5 Å². The topological polar surface area (TPSA) is 74.2 Å².